The lowest BCUT2D eigenvalue weighted by Gasteiger charge is -2.29. The Balaban J connectivity index is 1.90. The van der Waals surface area contributed by atoms with Crippen LogP contribution in [0.1, 0.15) is 22.7 Å². The van der Waals surface area contributed by atoms with E-state index < -0.39 is 6.04 Å². The molecule has 0 bridgehead atoms. The molecule has 31 heavy (non-hydrogen) atoms. The first kappa shape index (κ1) is 20.8. The van der Waals surface area contributed by atoms with Crippen LogP contribution in [0.4, 0.5) is 0 Å². The Bertz CT molecular complexity index is 1190. The van der Waals surface area contributed by atoms with E-state index in [2.05, 4.69) is 4.99 Å². The third-order valence-corrected chi connectivity index (χ3v) is 5.59. The van der Waals surface area contributed by atoms with Crippen molar-refractivity contribution in [1.29, 1.82) is 0 Å². The second-order valence-corrected chi connectivity index (χ2v) is 7.72. The number of nitrogens with zero attached hydrogens (tertiary/aromatic N) is 2. The van der Waals surface area contributed by atoms with E-state index in [0.29, 0.717) is 22.9 Å². The molecule has 1 unspecified atom stereocenters. The van der Waals surface area contributed by atoms with Gasteiger partial charge in [0, 0.05) is 28.8 Å². The highest BCUT2D eigenvalue weighted by molar-refractivity contribution is 6.30. The summed E-state index contributed by atoms with van der Waals surface area (Å²) in [6.07, 6.45) is 0.627. The van der Waals surface area contributed by atoms with Gasteiger partial charge in [0.1, 0.15) is 23.3 Å². The molecule has 3 aromatic rings. The van der Waals surface area contributed by atoms with E-state index in [-0.39, 0.29) is 5.96 Å². The van der Waals surface area contributed by atoms with E-state index in [1.165, 1.54) is 4.90 Å². The van der Waals surface area contributed by atoms with Gasteiger partial charge >= 0.3 is 0 Å². The maximum Gasteiger partial charge on any atom is 0.216 e. The Labute approximate surface area is 185 Å². The molecule has 0 fully saturated rings. The molecule has 2 N–H and O–H groups in total. The van der Waals surface area contributed by atoms with Gasteiger partial charge in [-0.05, 0) is 54.4 Å². The topological polar surface area (TPSA) is 77.2 Å². The number of nitrogens with two attached hydrogens (primary N) is 1. The van der Waals surface area contributed by atoms with Gasteiger partial charge < -0.3 is 15.2 Å². The molecule has 1 amide bonds. The van der Waals surface area contributed by atoms with Gasteiger partial charge in [0.2, 0.25) is 6.41 Å². The minimum atomic E-state index is -0.454. The molecular formula is C24H22ClN3O3. The van der Waals surface area contributed by atoms with E-state index in [0.717, 1.165) is 33.6 Å². The molecule has 0 aromatic heterocycles. The van der Waals surface area contributed by atoms with Crippen LogP contribution in [-0.4, -0.2) is 31.4 Å². The summed E-state index contributed by atoms with van der Waals surface area (Å²) in [5.74, 6) is 2.18. The number of aliphatic imine (C=N–C) groups is 1. The molecule has 7 heteroatoms. The molecule has 0 aliphatic carbocycles. The molecular weight excluding hydrogens is 414 g/mol. The van der Waals surface area contributed by atoms with Crippen LogP contribution in [-0.2, 0) is 4.79 Å². The van der Waals surface area contributed by atoms with Crippen molar-refractivity contribution >= 4 is 24.0 Å². The van der Waals surface area contributed by atoms with Gasteiger partial charge in [-0.3, -0.25) is 9.69 Å². The molecule has 6 nitrogen and oxygen atoms in total. The molecule has 1 aliphatic heterocycles. The fraction of sp³-hybridized carbons (Fsp3) is 0.167. The highest BCUT2D eigenvalue weighted by atomic mass is 35.5. The summed E-state index contributed by atoms with van der Waals surface area (Å²) < 4.78 is 11.7. The first-order valence-corrected chi connectivity index (χ1v) is 10.1. The van der Waals surface area contributed by atoms with Crippen LogP contribution in [0.15, 0.2) is 59.6 Å². The van der Waals surface area contributed by atoms with Gasteiger partial charge in [-0.15, -0.1) is 0 Å². The normalized spacial score (nSPS) is 14.8. The smallest absolute Gasteiger partial charge is 0.216 e. The van der Waals surface area contributed by atoms with Gasteiger partial charge in [0.25, 0.3) is 0 Å². The summed E-state index contributed by atoms with van der Waals surface area (Å²) in [6, 6.07) is 16.9. The summed E-state index contributed by atoms with van der Waals surface area (Å²) in [7, 11) is 3.18. The summed E-state index contributed by atoms with van der Waals surface area (Å²) in [6.45, 7) is 1.94. The van der Waals surface area contributed by atoms with Crippen molar-refractivity contribution in [3.05, 3.63) is 76.3 Å². The van der Waals surface area contributed by atoms with Crippen LogP contribution in [0, 0.1) is 6.92 Å². The number of hydrogen-bond acceptors (Lipinski definition) is 4. The van der Waals surface area contributed by atoms with E-state index in [4.69, 9.17) is 26.8 Å². The number of carbonyl (C=O) groups excluding carboxylic acids is 1. The van der Waals surface area contributed by atoms with Crippen LogP contribution >= 0.6 is 11.6 Å². The predicted molar refractivity (Wildman–Crippen MR) is 122 cm³/mol. The summed E-state index contributed by atoms with van der Waals surface area (Å²) >= 11 is 6.19. The zero-order valence-electron chi connectivity index (χ0n) is 17.4. The lowest BCUT2D eigenvalue weighted by Crippen LogP contribution is -2.33. The van der Waals surface area contributed by atoms with Gasteiger partial charge in [-0.1, -0.05) is 29.8 Å². The van der Waals surface area contributed by atoms with Gasteiger partial charge in [0.15, 0.2) is 5.96 Å². The third-order valence-electron chi connectivity index (χ3n) is 5.36. The van der Waals surface area contributed by atoms with Crippen molar-refractivity contribution in [2.75, 3.05) is 14.2 Å². The number of halogens is 1. The minimum absolute atomic E-state index is 0.112. The Morgan fingerprint density at radius 2 is 1.94 bits per heavy atom. The Morgan fingerprint density at radius 3 is 2.65 bits per heavy atom. The maximum atomic E-state index is 11.2. The quantitative estimate of drug-likeness (QED) is 0.358. The fourth-order valence-corrected chi connectivity index (χ4v) is 3.85. The Kier molecular flexibility index (Phi) is 5.57. The number of methoxy groups -OCH3 is 1. The first-order chi connectivity index (χ1) is 14.9. The van der Waals surface area contributed by atoms with Crippen LogP contribution in [0.2, 0.25) is 5.02 Å². The van der Waals surface area contributed by atoms with Crippen LogP contribution < -0.4 is 15.2 Å². The molecule has 158 valence electrons. The lowest BCUT2D eigenvalue weighted by atomic mass is 9.90. The van der Waals surface area contributed by atoms with E-state index in [1.807, 2.05) is 61.5 Å². The molecule has 4 rings (SSSR count). The third kappa shape index (κ3) is 3.82. The largest absolute Gasteiger partial charge is 0.496 e. The summed E-state index contributed by atoms with van der Waals surface area (Å²) in [5.41, 5.74) is 10.6. The monoisotopic (exact) mass is 435 g/mol. The van der Waals surface area contributed by atoms with Gasteiger partial charge in [-0.25, -0.2) is 4.99 Å². The van der Waals surface area contributed by atoms with Gasteiger partial charge in [-0.2, -0.15) is 0 Å². The van der Waals surface area contributed by atoms with E-state index >= 15 is 0 Å². The minimum Gasteiger partial charge on any atom is -0.496 e. The molecule has 0 spiro atoms. The van der Waals surface area contributed by atoms with Crippen molar-refractivity contribution < 1.29 is 14.3 Å². The Morgan fingerprint density at radius 1 is 1.16 bits per heavy atom. The van der Waals surface area contributed by atoms with Crippen molar-refractivity contribution in [3.63, 3.8) is 0 Å². The van der Waals surface area contributed by atoms with Crippen LogP contribution in [0.25, 0.3) is 11.1 Å². The first-order valence-electron chi connectivity index (χ1n) is 9.69. The average molecular weight is 436 g/mol. The summed E-state index contributed by atoms with van der Waals surface area (Å²) in [4.78, 5) is 17.1. The van der Waals surface area contributed by atoms with Crippen molar-refractivity contribution in [2.24, 2.45) is 10.7 Å². The Hall–Kier alpha value is -3.51. The zero-order chi connectivity index (χ0) is 22.1. The van der Waals surface area contributed by atoms with Crippen LogP contribution in [0.5, 0.6) is 17.2 Å². The lowest BCUT2D eigenvalue weighted by molar-refractivity contribution is -0.114. The second kappa shape index (κ2) is 8.32. The average Bonchev–Trinajstić information content (AvgIpc) is 2.78. The maximum absolute atomic E-state index is 11.2. The fourth-order valence-electron chi connectivity index (χ4n) is 3.66. The molecule has 0 saturated carbocycles. The predicted octanol–water partition coefficient (Wildman–Crippen LogP) is 4.92. The number of ether oxygens (including phenoxy) is 2. The van der Waals surface area contributed by atoms with E-state index in [1.54, 1.807) is 14.2 Å². The second-order valence-electron chi connectivity index (χ2n) is 7.28. The molecule has 1 heterocycles. The van der Waals surface area contributed by atoms with Crippen LogP contribution in [0.3, 0.4) is 0 Å². The number of carbonyl (C=O) groups is 1. The summed E-state index contributed by atoms with van der Waals surface area (Å²) in [5, 5.41) is 0.658. The SMILES string of the molecule is COc1ccc2c(c1C)Oc1ccc(-c3cccc(Cl)c3)cc1C2N=C(N)N(C)C=O. The zero-order valence-corrected chi connectivity index (χ0v) is 18.2. The highest BCUT2D eigenvalue weighted by Gasteiger charge is 2.30. The molecule has 1 atom stereocenters. The van der Waals surface area contributed by atoms with E-state index in [9.17, 15) is 4.79 Å². The van der Waals surface area contributed by atoms with Crippen molar-refractivity contribution in [3.8, 4) is 28.4 Å². The number of benzene rings is 3. The molecule has 0 radical (unpaired) electrons. The number of rotatable bonds is 4. The van der Waals surface area contributed by atoms with Crippen molar-refractivity contribution in [2.45, 2.75) is 13.0 Å². The van der Waals surface area contributed by atoms with Crippen molar-refractivity contribution in [1.82, 2.24) is 4.90 Å². The van der Waals surface area contributed by atoms with Gasteiger partial charge in [0.05, 0.1) is 7.11 Å². The highest BCUT2D eigenvalue weighted by Crippen LogP contribution is 2.49. The molecule has 1 aliphatic rings. The molecule has 0 saturated heterocycles. The number of guanidine groups is 1. The standard InChI is InChI=1S/C24H22ClN3O3/c1-14-20(30-3)10-8-18-22(27-24(26)28(2)13-29)19-12-16(7-9-21(19)31-23(14)18)15-5-4-6-17(25)11-15/h4-13,22H,1-3H3,(H2,26,27). The number of fused-ring (bicyclic) bond motifs is 2. The molecule has 3 aromatic carbocycles. The number of amides is 1. The number of hydrogen-bond donors (Lipinski definition) is 1.